The monoisotopic (exact) mass is 314 g/mol. The van der Waals surface area contributed by atoms with Gasteiger partial charge in [0.1, 0.15) is 0 Å². The highest BCUT2D eigenvalue weighted by atomic mass is 35.5. The van der Waals surface area contributed by atoms with Gasteiger partial charge >= 0.3 is 0 Å². The Morgan fingerprint density at radius 3 is 2.84 bits per heavy atom. The number of nitrogens with zero attached hydrogens (tertiary/aromatic N) is 1. The van der Waals surface area contributed by atoms with Crippen LogP contribution in [0.25, 0.3) is 11.3 Å². The fourth-order valence-electron chi connectivity index (χ4n) is 1.53. The van der Waals surface area contributed by atoms with Gasteiger partial charge in [0.2, 0.25) is 5.91 Å². The van der Waals surface area contributed by atoms with Crippen molar-refractivity contribution in [2.45, 2.75) is 19.8 Å². The van der Waals surface area contributed by atoms with Crippen molar-refractivity contribution in [3.8, 4) is 11.3 Å². The molecule has 0 aliphatic carbocycles. The van der Waals surface area contributed by atoms with Gasteiger partial charge in [-0.2, -0.15) is 0 Å². The summed E-state index contributed by atoms with van der Waals surface area (Å²) in [5, 5.41) is 6.24. The van der Waals surface area contributed by atoms with Gasteiger partial charge in [-0.3, -0.25) is 4.79 Å². The predicted molar refractivity (Wildman–Crippen MR) is 81.1 cm³/mol. The van der Waals surface area contributed by atoms with Crippen LogP contribution in [0.4, 0.5) is 5.13 Å². The zero-order valence-corrected chi connectivity index (χ0v) is 12.6. The second kappa shape index (κ2) is 6.37. The summed E-state index contributed by atoms with van der Waals surface area (Å²) in [4.78, 5) is 15.8. The summed E-state index contributed by atoms with van der Waals surface area (Å²) in [5.41, 5.74) is 1.65. The van der Waals surface area contributed by atoms with Gasteiger partial charge in [0.05, 0.1) is 15.7 Å². The Kier molecular flexibility index (Phi) is 4.80. The molecule has 0 unspecified atom stereocenters. The first-order valence-electron chi connectivity index (χ1n) is 5.81. The minimum Gasteiger partial charge on any atom is -0.302 e. The van der Waals surface area contributed by atoms with E-state index >= 15 is 0 Å². The van der Waals surface area contributed by atoms with Gasteiger partial charge < -0.3 is 5.32 Å². The molecule has 0 bridgehead atoms. The number of halogens is 2. The lowest BCUT2D eigenvalue weighted by Crippen LogP contribution is -2.10. The third-order valence-corrected chi connectivity index (χ3v) is 3.94. The topological polar surface area (TPSA) is 42.0 Å². The van der Waals surface area contributed by atoms with E-state index in [-0.39, 0.29) is 5.91 Å². The molecule has 0 fully saturated rings. The molecule has 1 amide bonds. The standard InChI is InChI=1S/C13H12Cl2N2OS/c1-2-3-12(18)17-13-16-11(7-19-13)8-4-5-9(14)10(15)6-8/h4-7H,2-3H2,1H3,(H,16,17,18). The molecule has 1 aromatic heterocycles. The van der Waals surface area contributed by atoms with Gasteiger partial charge in [-0.15, -0.1) is 11.3 Å². The third kappa shape index (κ3) is 3.69. The van der Waals surface area contributed by atoms with Crippen molar-refractivity contribution in [3.63, 3.8) is 0 Å². The van der Waals surface area contributed by atoms with Crippen molar-refractivity contribution < 1.29 is 4.79 Å². The van der Waals surface area contributed by atoms with Gasteiger partial charge in [0.25, 0.3) is 0 Å². The fraction of sp³-hybridized carbons (Fsp3) is 0.231. The van der Waals surface area contributed by atoms with Crippen LogP contribution in [0.15, 0.2) is 23.6 Å². The lowest BCUT2D eigenvalue weighted by atomic mass is 10.2. The van der Waals surface area contributed by atoms with Crippen molar-refractivity contribution in [1.82, 2.24) is 4.98 Å². The largest absolute Gasteiger partial charge is 0.302 e. The van der Waals surface area contributed by atoms with Crippen LogP contribution in [0.5, 0.6) is 0 Å². The number of amides is 1. The normalized spacial score (nSPS) is 10.5. The van der Waals surface area contributed by atoms with Crippen molar-refractivity contribution in [3.05, 3.63) is 33.6 Å². The smallest absolute Gasteiger partial charge is 0.226 e. The summed E-state index contributed by atoms with van der Waals surface area (Å²) in [5.74, 6) is -0.0162. The third-order valence-electron chi connectivity index (χ3n) is 2.44. The Hall–Kier alpha value is -1.10. The van der Waals surface area contributed by atoms with Crippen molar-refractivity contribution in [2.24, 2.45) is 0 Å². The molecule has 1 N–H and O–H groups in total. The Bertz CT molecular complexity index is 598. The molecular weight excluding hydrogens is 303 g/mol. The number of carbonyl (C=O) groups is 1. The first-order chi connectivity index (χ1) is 9.10. The summed E-state index contributed by atoms with van der Waals surface area (Å²) < 4.78 is 0. The van der Waals surface area contributed by atoms with E-state index in [1.807, 2.05) is 18.4 Å². The highest BCUT2D eigenvalue weighted by molar-refractivity contribution is 7.14. The summed E-state index contributed by atoms with van der Waals surface area (Å²) in [7, 11) is 0. The number of nitrogens with one attached hydrogen (secondary N) is 1. The SMILES string of the molecule is CCCC(=O)Nc1nc(-c2ccc(Cl)c(Cl)c2)cs1. The van der Waals surface area contributed by atoms with Crippen molar-refractivity contribution in [2.75, 3.05) is 5.32 Å². The molecule has 0 atom stereocenters. The minimum atomic E-state index is -0.0162. The lowest BCUT2D eigenvalue weighted by Gasteiger charge is -2.00. The molecule has 0 aliphatic heterocycles. The first-order valence-corrected chi connectivity index (χ1v) is 7.44. The molecule has 0 saturated carbocycles. The number of carbonyl (C=O) groups excluding carboxylic acids is 1. The second-order valence-electron chi connectivity index (χ2n) is 3.96. The van der Waals surface area contributed by atoms with E-state index in [4.69, 9.17) is 23.2 Å². The molecule has 0 saturated heterocycles. The molecule has 19 heavy (non-hydrogen) atoms. The van der Waals surface area contributed by atoms with Crippen LogP contribution in [0, 0.1) is 0 Å². The summed E-state index contributed by atoms with van der Waals surface area (Å²) in [6, 6.07) is 5.34. The lowest BCUT2D eigenvalue weighted by molar-refractivity contribution is -0.116. The minimum absolute atomic E-state index is 0.0162. The number of thiazole rings is 1. The van der Waals surface area contributed by atoms with Crippen LogP contribution >= 0.6 is 34.5 Å². The Balaban J connectivity index is 2.16. The van der Waals surface area contributed by atoms with E-state index in [0.717, 1.165) is 17.7 Å². The van der Waals surface area contributed by atoms with E-state index in [9.17, 15) is 4.79 Å². The average Bonchev–Trinajstić information content (AvgIpc) is 2.81. The van der Waals surface area contributed by atoms with Crippen LogP contribution in [-0.4, -0.2) is 10.9 Å². The number of anilines is 1. The van der Waals surface area contributed by atoms with Gasteiger partial charge in [-0.1, -0.05) is 36.2 Å². The van der Waals surface area contributed by atoms with Gasteiger partial charge in [0, 0.05) is 17.4 Å². The maximum absolute atomic E-state index is 11.5. The Morgan fingerprint density at radius 2 is 2.16 bits per heavy atom. The van der Waals surface area contributed by atoms with Gasteiger partial charge in [0.15, 0.2) is 5.13 Å². The molecule has 0 radical (unpaired) electrons. The molecular formula is C13H12Cl2N2OS. The van der Waals surface area contributed by atoms with Crippen molar-refractivity contribution >= 4 is 45.6 Å². The summed E-state index contributed by atoms with van der Waals surface area (Å²) in [6.45, 7) is 1.96. The molecule has 2 aromatic rings. The maximum Gasteiger partial charge on any atom is 0.226 e. The Labute approximate surface area is 125 Å². The van der Waals surface area contributed by atoms with E-state index in [1.54, 1.807) is 12.1 Å². The molecule has 3 nitrogen and oxygen atoms in total. The molecule has 0 spiro atoms. The molecule has 100 valence electrons. The van der Waals surface area contributed by atoms with Gasteiger partial charge in [-0.25, -0.2) is 4.98 Å². The summed E-state index contributed by atoms with van der Waals surface area (Å²) >= 11 is 13.2. The fourth-order valence-corrected chi connectivity index (χ4v) is 2.56. The number of aromatic nitrogens is 1. The zero-order valence-electron chi connectivity index (χ0n) is 10.2. The van der Waals surface area contributed by atoms with Crippen LogP contribution < -0.4 is 5.32 Å². The van der Waals surface area contributed by atoms with Crippen LogP contribution in [0.1, 0.15) is 19.8 Å². The van der Waals surface area contributed by atoms with Gasteiger partial charge in [-0.05, 0) is 18.6 Å². The molecule has 1 heterocycles. The quantitative estimate of drug-likeness (QED) is 0.876. The Morgan fingerprint density at radius 1 is 1.37 bits per heavy atom. The van der Waals surface area contributed by atoms with E-state index < -0.39 is 0 Å². The predicted octanol–water partition coefficient (Wildman–Crippen LogP) is 4.86. The highest BCUT2D eigenvalue weighted by Crippen LogP contribution is 2.30. The summed E-state index contributed by atoms with van der Waals surface area (Å²) in [6.07, 6.45) is 1.32. The first kappa shape index (κ1) is 14.3. The molecule has 1 aromatic carbocycles. The number of hydrogen-bond acceptors (Lipinski definition) is 3. The number of hydrogen-bond donors (Lipinski definition) is 1. The second-order valence-corrected chi connectivity index (χ2v) is 5.64. The highest BCUT2D eigenvalue weighted by Gasteiger charge is 2.08. The van der Waals surface area contributed by atoms with Crippen LogP contribution in [0.3, 0.4) is 0 Å². The molecule has 0 aliphatic rings. The van der Waals surface area contributed by atoms with E-state index in [0.29, 0.717) is 21.6 Å². The van der Waals surface area contributed by atoms with E-state index in [2.05, 4.69) is 10.3 Å². The molecule has 6 heteroatoms. The average molecular weight is 315 g/mol. The number of rotatable bonds is 4. The van der Waals surface area contributed by atoms with Crippen LogP contribution in [-0.2, 0) is 4.79 Å². The number of benzene rings is 1. The van der Waals surface area contributed by atoms with E-state index in [1.165, 1.54) is 11.3 Å². The van der Waals surface area contributed by atoms with Crippen LogP contribution in [0.2, 0.25) is 10.0 Å². The maximum atomic E-state index is 11.5. The zero-order chi connectivity index (χ0) is 13.8. The van der Waals surface area contributed by atoms with Crippen molar-refractivity contribution in [1.29, 1.82) is 0 Å². The molecule has 2 rings (SSSR count).